The Hall–Kier alpha value is -0.580. The molecule has 1 unspecified atom stereocenters. The van der Waals surface area contributed by atoms with Gasteiger partial charge in [0.05, 0.1) is 11.6 Å². The second-order valence-corrected chi connectivity index (χ2v) is 6.11. The zero-order valence-corrected chi connectivity index (χ0v) is 9.60. The van der Waals surface area contributed by atoms with Gasteiger partial charge in [-0.3, -0.25) is 4.99 Å². The predicted molar refractivity (Wildman–Crippen MR) is 58.5 cm³/mol. The Morgan fingerprint density at radius 1 is 1.50 bits per heavy atom. The first-order valence-corrected chi connectivity index (χ1v) is 7.01. The molecule has 0 saturated carbocycles. The van der Waals surface area contributed by atoms with E-state index in [1.165, 1.54) is 6.26 Å². The maximum absolute atomic E-state index is 11.0. The average molecular weight is 218 g/mol. The highest BCUT2D eigenvalue weighted by atomic mass is 32.2. The van der Waals surface area contributed by atoms with Gasteiger partial charge in [-0.1, -0.05) is 0 Å². The number of nitrogens with one attached hydrogen (secondary N) is 1. The molecule has 1 aliphatic rings. The zero-order valence-electron chi connectivity index (χ0n) is 8.78. The molecule has 1 aliphatic heterocycles. The van der Waals surface area contributed by atoms with Crippen molar-refractivity contribution in [2.24, 2.45) is 4.99 Å². The summed E-state index contributed by atoms with van der Waals surface area (Å²) in [5.41, 5.74) is 0. The maximum Gasteiger partial charge on any atom is 0.149 e. The van der Waals surface area contributed by atoms with Crippen LogP contribution < -0.4 is 5.32 Å². The van der Waals surface area contributed by atoms with E-state index < -0.39 is 9.84 Å². The van der Waals surface area contributed by atoms with Gasteiger partial charge in [0, 0.05) is 25.3 Å². The van der Waals surface area contributed by atoms with Gasteiger partial charge >= 0.3 is 0 Å². The van der Waals surface area contributed by atoms with E-state index in [4.69, 9.17) is 0 Å². The highest BCUT2D eigenvalue weighted by molar-refractivity contribution is 7.90. The summed E-state index contributed by atoms with van der Waals surface area (Å²) in [4.78, 5) is 4.31. The zero-order chi connectivity index (χ0) is 10.6. The molecule has 1 rings (SSSR count). The number of hydrogen-bond donors (Lipinski definition) is 1. The highest BCUT2D eigenvalue weighted by Crippen LogP contribution is 2.04. The van der Waals surface area contributed by atoms with Crippen molar-refractivity contribution in [3.05, 3.63) is 0 Å². The highest BCUT2D eigenvalue weighted by Gasteiger charge is 2.12. The minimum Gasteiger partial charge on any atom is -0.370 e. The Bertz CT molecular complexity index is 309. The summed E-state index contributed by atoms with van der Waals surface area (Å²) in [6.45, 7) is 2.74. The molecule has 4 nitrogen and oxygen atoms in total. The molecule has 82 valence electrons. The van der Waals surface area contributed by atoms with Crippen molar-refractivity contribution in [1.29, 1.82) is 0 Å². The summed E-state index contributed by atoms with van der Waals surface area (Å²) in [5, 5.41) is 3.15. The van der Waals surface area contributed by atoms with Crippen molar-refractivity contribution in [1.82, 2.24) is 5.32 Å². The quantitative estimate of drug-likeness (QED) is 0.754. The van der Waals surface area contributed by atoms with E-state index in [0.717, 1.165) is 31.6 Å². The molecule has 0 fully saturated rings. The summed E-state index contributed by atoms with van der Waals surface area (Å²) in [7, 11) is -2.89. The molecule has 0 aromatic rings. The average Bonchev–Trinajstić information content (AvgIpc) is 2.02. The molecular weight excluding hydrogens is 200 g/mol. The second-order valence-electron chi connectivity index (χ2n) is 3.92. The van der Waals surface area contributed by atoms with Crippen LogP contribution in [0.2, 0.25) is 0 Å². The van der Waals surface area contributed by atoms with Crippen LogP contribution in [0.3, 0.4) is 0 Å². The minimum absolute atomic E-state index is 0.0400. The van der Waals surface area contributed by atoms with Crippen LogP contribution in [0, 0.1) is 0 Å². The van der Waals surface area contributed by atoms with Crippen molar-refractivity contribution in [2.45, 2.75) is 32.2 Å². The molecule has 0 bridgehead atoms. The number of nitrogens with zero attached hydrogens (tertiary/aromatic N) is 1. The predicted octanol–water partition coefficient (Wildman–Crippen LogP) is 0.591. The molecule has 1 N–H and O–H groups in total. The first kappa shape index (κ1) is 11.5. The molecule has 0 amide bonds. The number of rotatable bonds is 3. The van der Waals surface area contributed by atoms with Crippen LogP contribution in [-0.4, -0.2) is 38.8 Å². The smallest absolute Gasteiger partial charge is 0.149 e. The van der Waals surface area contributed by atoms with Crippen molar-refractivity contribution < 1.29 is 8.42 Å². The Balaban J connectivity index is 2.40. The summed E-state index contributed by atoms with van der Waals surface area (Å²) in [6, 6.07) is -0.0400. The van der Waals surface area contributed by atoms with Crippen LogP contribution in [0.4, 0.5) is 0 Å². The minimum atomic E-state index is -2.89. The van der Waals surface area contributed by atoms with Gasteiger partial charge in [-0.15, -0.1) is 0 Å². The molecular formula is C9H18N2O2S. The fraction of sp³-hybridized carbons (Fsp3) is 0.889. The van der Waals surface area contributed by atoms with Crippen LogP contribution >= 0.6 is 0 Å². The van der Waals surface area contributed by atoms with E-state index in [0.29, 0.717) is 0 Å². The maximum atomic E-state index is 11.0. The van der Waals surface area contributed by atoms with Gasteiger partial charge in [0.1, 0.15) is 9.84 Å². The van der Waals surface area contributed by atoms with Gasteiger partial charge in [0.25, 0.3) is 0 Å². The van der Waals surface area contributed by atoms with Crippen molar-refractivity contribution in [3.63, 3.8) is 0 Å². The number of aliphatic imine (C=N–C) groups is 1. The molecule has 1 heterocycles. The van der Waals surface area contributed by atoms with E-state index in [2.05, 4.69) is 10.3 Å². The first-order valence-electron chi connectivity index (χ1n) is 4.95. The van der Waals surface area contributed by atoms with Crippen LogP contribution in [0.15, 0.2) is 4.99 Å². The Labute approximate surface area is 85.7 Å². The largest absolute Gasteiger partial charge is 0.370 e. The lowest BCUT2D eigenvalue weighted by atomic mass is 10.2. The van der Waals surface area contributed by atoms with E-state index in [-0.39, 0.29) is 11.8 Å². The SMILES string of the molecule is CC(CS(C)(=O)=O)NC1=NCCCC1. The van der Waals surface area contributed by atoms with Gasteiger partial charge in [-0.25, -0.2) is 8.42 Å². The first-order chi connectivity index (χ1) is 6.47. The van der Waals surface area contributed by atoms with Gasteiger partial charge in [0.2, 0.25) is 0 Å². The van der Waals surface area contributed by atoms with E-state index in [1.54, 1.807) is 0 Å². The molecule has 0 saturated heterocycles. The Morgan fingerprint density at radius 2 is 2.21 bits per heavy atom. The van der Waals surface area contributed by atoms with Crippen LogP contribution in [-0.2, 0) is 9.84 Å². The number of amidine groups is 1. The van der Waals surface area contributed by atoms with Crippen molar-refractivity contribution >= 4 is 15.7 Å². The summed E-state index contributed by atoms with van der Waals surface area (Å²) in [5.74, 6) is 1.14. The molecule has 0 aromatic carbocycles. The number of hydrogen-bond acceptors (Lipinski definition) is 4. The fourth-order valence-corrected chi connectivity index (χ4v) is 2.59. The molecule has 1 atom stereocenters. The van der Waals surface area contributed by atoms with Gasteiger partial charge in [0.15, 0.2) is 0 Å². The summed E-state index contributed by atoms with van der Waals surface area (Å²) >= 11 is 0. The molecule has 0 spiro atoms. The number of sulfone groups is 1. The van der Waals surface area contributed by atoms with Crippen molar-refractivity contribution in [2.75, 3.05) is 18.6 Å². The third-order valence-corrected chi connectivity index (χ3v) is 3.20. The van der Waals surface area contributed by atoms with E-state index in [1.807, 2.05) is 6.92 Å². The molecule has 14 heavy (non-hydrogen) atoms. The van der Waals surface area contributed by atoms with E-state index >= 15 is 0 Å². The Morgan fingerprint density at radius 3 is 2.71 bits per heavy atom. The molecule has 0 aromatic heterocycles. The lowest BCUT2D eigenvalue weighted by Gasteiger charge is -2.18. The summed E-state index contributed by atoms with van der Waals surface area (Å²) in [6.07, 6.45) is 4.50. The Kier molecular flexibility index (Phi) is 3.92. The lowest BCUT2D eigenvalue weighted by Crippen LogP contribution is -2.38. The van der Waals surface area contributed by atoms with Crippen molar-refractivity contribution in [3.8, 4) is 0 Å². The van der Waals surface area contributed by atoms with Gasteiger partial charge < -0.3 is 5.32 Å². The molecule has 5 heteroatoms. The topological polar surface area (TPSA) is 58.5 Å². The van der Waals surface area contributed by atoms with Crippen LogP contribution in [0.5, 0.6) is 0 Å². The second kappa shape index (κ2) is 4.77. The third kappa shape index (κ3) is 4.60. The molecule has 0 aliphatic carbocycles. The summed E-state index contributed by atoms with van der Waals surface area (Å²) < 4.78 is 22.0. The molecule has 0 radical (unpaired) electrons. The fourth-order valence-electron chi connectivity index (χ4n) is 1.60. The van der Waals surface area contributed by atoms with Crippen LogP contribution in [0.1, 0.15) is 26.2 Å². The monoisotopic (exact) mass is 218 g/mol. The van der Waals surface area contributed by atoms with Crippen LogP contribution in [0.25, 0.3) is 0 Å². The van der Waals surface area contributed by atoms with Gasteiger partial charge in [-0.2, -0.15) is 0 Å². The van der Waals surface area contributed by atoms with E-state index in [9.17, 15) is 8.42 Å². The third-order valence-electron chi connectivity index (χ3n) is 2.09. The normalized spacial score (nSPS) is 20.0. The van der Waals surface area contributed by atoms with Gasteiger partial charge in [-0.05, 0) is 19.8 Å². The standard InChI is InChI=1S/C9H18N2O2S/c1-8(7-14(2,12)13)11-9-5-3-4-6-10-9/h8H,3-7H2,1-2H3,(H,10,11). The lowest BCUT2D eigenvalue weighted by molar-refractivity contribution is 0.588.